The number of hydrogen-bond donors (Lipinski definition) is 0. The van der Waals surface area contributed by atoms with Crippen LogP contribution in [0.3, 0.4) is 0 Å². The van der Waals surface area contributed by atoms with Crippen molar-refractivity contribution >= 4 is 5.69 Å². The highest BCUT2D eigenvalue weighted by Crippen LogP contribution is 2.60. The molecule has 28 heavy (non-hydrogen) atoms. The van der Waals surface area contributed by atoms with E-state index in [4.69, 9.17) is 9.57 Å². The first-order valence-corrected chi connectivity index (χ1v) is 10.5. The van der Waals surface area contributed by atoms with E-state index in [9.17, 15) is 0 Å². The van der Waals surface area contributed by atoms with Gasteiger partial charge in [-0.25, -0.2) is 0 Å². The van der Waals surface area contributed by atoms with Gasteiger partial charge in [0.25, 0.3) is 0 Å². The number of anilines is 1. The molecule has 4 heteroatoms. The number of rotatable bonds is 5. The van der Waals surface area contributed by atoms with Gasteiger partial charge in [0, 0.05) is 30.6 Å². The first kappa shape index (κ1) is 18.0. The number of piperidine rings is 2. The minimum absolute atomic E-state index is 0.0577. The predicted octanol–water partition coefficient (Wildman–Crippen LogP) is 4.85. The maximum atomic E-state index is 6.30. The Hall–Kier alpha value is -2.04. The van der Waals surface area contributed by atoms with Gasteiger partial charge in [0.1, 0.15) is 5.75 Å². The Bertz CT molecular complexity index is 835. The van der Waals surface area contributed by atoms with Crippen LogP contribution in [0.1, 0.15) is 39.2 Å². The summed E-state index contributed by atoms with van der Waals surface area (Å²) in [6, 6.07) is 19.8. The molecule has 2 aromatic carbocycles. The predicted molar refractivity (Wildman–Crippen MR) is 111 cm³/mol. The Balaban J connectivity index is 1.35. The van der Waals surface area contributed by atoms with Gasteiger partial charge < -0.3 is 9.64 Å². The van der Waals surface area contributed by atoms with E-state index >= 15 is 0 Å². The average molecular weight is 379 g/mol. The van der Waals surface area contributed by atoms with Crippen molar-refractivity contribution in [1.82, 2.24) is 5.06 Å². The Kier molecular flexibility index (Phi) is 4.18. The molecule has 3 aliphatic heterocycles. The van der Waals surface area contributed by atoms with E-state index < -0.39 is 0 Å². The van der Waals surface area contributed by atoms with Crippen molar-refractivity contribution in [1.29, 1.82) is 0 Å². The van der Waals surface area contributed by atoms with Crippen molar-refractivity contribution in [3.05, 3.63) is 60.2 Å². The highest BCUT2D eigenvalue weighted by molar-refractivity contribution is 5.52. The van der Waals surface area contributed by atoms with Crippen molar-refractivity contribution in [2.45, 2.75) is 51.9 Å². The summed E-state index contributed by atoms with van der Waals surface area (Å²) in [4.78, 5) is 8.91. The van der Waals surface area contributed by atoms with Gasteiger partial charge >= 0.3 is 0 Å². The van der Waals surface area contributed by atoms with E-state index in [2.05, 4.69) is 78.4 Å². The first-order valence-electron chi connectivity index (χ1n) is 10.5. The third-order valence-electron chi connectivity index (χ3n) is 6.90. The number of benzene rings is 2. The SMILES string of the molecule is CCOc1ccc(N2C[C@@H]3CC(C)(C)[C@H]2C[C@@]32ON2Cc2ccccc2)cc1. The molecule has 1 saturated carbocycles. The average Bonchev–Trinajstić information content (AvgIpc) is 3.36. The molecule has 4 atom stereocenters. The van der Waals surface area contributed by atoms with E-state index in [1.165, 1.54) is 17.7 Å². The standard InChI is InChI=1S/C24H30N2O2/c1-4-27-21-12-10-20(11-13-21)25-17-19-14-23(2,3)22(25)15-24(19)26(28-24)16-18-8-6-5-7-9-18/h5-13,19,22H,4,14-17H2,1-3H3/t19-,22+,24+,26?/m0/s1. The fourth-order valence-corrected chi connectivity index (χ4v) is 5.44. The van der Waals surface area contributed by atoms with Crippen LogP contribution in [-0.2, 0) is 11.4 Å². The summed E-state index contributed by atoms with van der Waals surface area (Å²) in [6.45, 7) is 9.51. The zero-order chi connectivity index (χ0) is 19.4. The van der Waals surface area contributed by atoms with Crippen LogP contribution in [0.5, 0.6) is 5.75 Å². The monoisotopic (exact) mass is 378 g/mol. The van der Waals surface area contributed by atoms with Crippen LogP contribution in [0.25, 0.3) is 0 Å². The second kappa shape index (κ2) is 6.50. The summed E-state index contributed by atoms with van der Waals surface area (Å²) in [5, 5.41) is 2.24. The molecular weight excluding hydrogens is 348 g/mol. The van der Waals surface area contributed by atoms with Gasteiger partial charge in [0.15, 0.2) is 5.72 Å². The molecule has 6 rings (SSSR count). The molecule has 0 N–H and O–H groups in total. The van der Waals surface area contributed by atoms with Crippen LogP contribution in [0.4, 0.5) is 5.69 Å². The fraction of sp³-hybridized carbons (Fsp3) is 0.500. The van der Waals surface area contributed by atoms with Crippen LogP contribution in [0.15, 0.2) is 54.6 Å². The molecule has 4 nitrogen and oxygen atoms in total. The molecule has 1 spiro atoms. The summed E-state index contributed by atoms with van der Waals surface area (Å²) in [6.07, 6.45) is 2.29. The maximum absolute atomic E-state index is 6.30. The summed E-state index contributed by atoms with van der Waals surface area (Å²) < 4.78 is 5.62. The molecule has 2 bridgehead atoms. The lowest BCUT2D eigenvalue weighted by Crippen LogP contribution is -2.64. The Labute approximate surface area is 168 Å². The van der Waals surface area contributed by atoms with E-state index in [0.717, 1.165) is 25.3 Å². The van der Waals surface area contributed by atoms with Crippen LogP contribution in [-0.4, -0.2) is 30.0 Å². The van der Waals surface area contributed by atoms with Crippen LogP contribution >= 0.6 is 0 Å². The van der Waals surface area contributed by atoms with Crippen LogP contribution in [0, 0.1) is 11.3 Å². The fourth-order valence-electron chi connectivity index (χ4n) is 5.44. The van der Waals surface area contributed by atoms with Crippen LogP contribution in [0.2, 0.25) is 0 Å². The number of nitrogens with zero attached hydrogens (tertiary/aromatic N) is 2. The van der Waals surface area contributed by atoms with Crippen molar-refractivity contribution in [3.8, 4) is 5.75 Å². The van der Waals surface area contributed by atoms with Crippen LogP contribution < -0.4 is 9.64 Å². The Morgan fingerprint density at radius 2 is 1.79 bits per heavy atom. The van der Waals surface area contributed by atoms with E-state index in [-0.39, 0.29) is 11.1 Å². The molecule has 4 fully saturated rings. The van der Waals surface area contributed by atoms with Gasteiger partial charge in [-0.1, -0.05) is 44.2 Å². The van der Waals surface area contributed by atoms with Crippen molar-refractivity contribution in [2.24, 2.45) is 11.3 Å². The summed E-state index contributed by atoms with van der Waals surface area (Å²) in [5.74, 6) is 1.48. The lowest BCUT2D eigenvalue weighted by molar-refractivity contribution is 0.0211. The normalized spacial score (nSPS) is 32.5. The summed E-state index contributed by atoms with van der Waals surface area (Å²) >= 11 is 0. The second-order valence-electron chi connectivity index (χ2n) is 9.15. The number of ether oxygens (including phenoxy) is 1. The van der Waals surface area contributed by atoms with Gasteiger partial charge in [-0.05, 0) is 48.6 Å². The van der Waals surface area contributed by atoms with Gasteiger partial charge in [-0.3, -0.25) is 4.84 Å². The summed E-state index contributed by atoms with van der Waals surface area (Å²) in [7, 11) is 0. The Morgan fingerprint density at radius 3 is 2.46 bits per heavy atom. The minimum Gasteiger partial charge on any atom is -0.494 e. The molecule has 3 saturated heterocycles. The molecule has 1 aliphatic carbocycles. The number of fused-ring (bicyclic) bond motifs is 2. The molecule has 1 unspecified atom stereocenters. The third kappa shape index (κ3) is 2.90. The first-order chi connectivity index (χ1) is 13.5. The zero-order valence-corrected chi connectivity index (χ0v) is 17.1. The molecule has 148 valence electrons. The maximum Gasteiger partial charge on any atom is 0.171 e. The molecule has 3 heterocycles. The molecule has 0 amide bonds. The highest BCUT2D eigenvalue weighted by Gasteiger charge is 2.69. The number of hydrogen-bond acceptors (Lipinski definition) is 4. The molecular formula is C24H30N2O2. The lowest BCUT2D eigenvalue weighted by atomic mass is 9.61. The quantitative estimate of drug-likeness (QED) is 0.695. The zero-order valence-electron chi connectivity index (χ0n) is 17.1. The number of hydroxylamine groups is 2. The largest absolute Gasteiger partial charge is 0.494 e. The smallest absolute Gasteiger partial charge is 0.171 e. The van der Waals surface area contributed by atoms with Crippen molar-refractivity contribution in [2.75, 3.05) is 18.1 Å². The van der Waals surface area contributed by atoms with Crippen molar-refractivity contribution < 1.29 is 9.57 Å². The molecule has 4 aliphatic rings. The third-order valence-corrected chi connectivity index (χ3v) is 6.90. The van der Waals surface area contributed by atoms with E-state index in [1.54, 1.807) is 0 Å². The molecule has 0 aromatic heterocycles. The van der Waals surface area contributed by atoms with E-state index in [1.807, 2.05) is 6.92 Å². The topological polar surface area (TPSA) is 28.0 Å². The second-order valence-corrected chi connectivity index (χ2v) is 9.15. The minimum atomic E-state index is -0.0577. The van der Waals surface area contributed by atoms with Gasteiger partial charge in [0.05, 0.1) is 13.2 Å². The highest BCUT2D eigenvalue weighted by atomic mass is 16.9. The lowest BCUT2D eigenvalue weighted by Gasteiger charge is -2.57. The Morgan fingerprint density at radius 1 is 1.04 bits per heavy atom. The van der Waals surface area contributed by atoms with Crippen molar-refractivity contribution in [3.63, 3.8) is 0 Å². The van der Waals surface area contributed by atoms with Gasteiger partial charge in [-0.15, -0.1) is 5.06 Å². The molecule has 2 aromatic rings. The molecule has 0 radical (unpaired) electrons. The summed E-state index contributed by atoms with van der Waals surface area (Å²) in [5.41, 5.74) is 2.86. The van der Waals surface area contributed by atoms with Gasteiger partial charge in [-0.2, -0.15) is 0 Å². The van der Waals surface area contributed by atoms with E-state index in [0.29, 0.717) is 18.6 Å². The van der Waals surface area contributed by atoms with Gasteiger partial charge in [0.2, 0.25) is 0 Å².